The Labute approximate surface area is 125 Å². The highest BCUT2D eigenvalue weighted by Gasteiger charge is 2.61. The van der Waals surface area contributed by atoms with Crippen LogP contribution in [0.15, 0.2) is 18.2 Å². The van der Waals surface area contributed by atoms with Gasteiger partial charge in [-0.25, -0.2) is 0 Å². The van der Waals surface area contributed by atoms with Crippen molar-refractivity contribution in [2.75, 3.05) is 10.6 Å². The average molecular weight is 310 g/mol. The predicted octanol–water partition coefficient (Wildman–Crippen LogP) is 2.06. The van der Waals surface area contributed by atoms with Crippen molar-refractivity contribution < 1.29 is 23.5 Å². The molecule has 5 nitrogen and oxygen atoms in total. The van der Waals surface area contributed by atoms with Gasteiger partial charge in [0.25, 0.3) is 5.91 Å². The van der Waals surface area contributed by atoms with E-state index in [9.17, 15) is 23.5 Å². The van der Waals surface area contributed by atoms with Crippen molar-refractivity contribution in [1.29, 1.82) is 0 Å². The number of hydrogen-bond acceptors (Lipinski definition) is 3. The number of aryl methyl sites for hydroxylation is 1. The second kappa shape index (κ2) is 5.01. The molecule has 1 heterocycles. The van der Waals surface area contributed by atoms with Crippen molar-refractivity contribution in [3.8, 4) is 0 Å². The number of carbonyl (C=O) groups excluding carboxylic acids is 2. The third-order valence-corrected chi connectivity index (χ3v) is 4.31. The number of benzene rings is 1. The fraction of sp³-hybridized carbons (Fsp3) is 0.467. The van der Waals surface area contributed by atoms with Gasteiger partial charge in [-0.2, -0.15) is 8.78 Å². The van der Waals surface area contributed by atoms with Crippen molar-refractivity contribution in [1.82, 2.24) is 0 Å². The number of anilines is 2. The highest BCUT2D eigenvalue weighted by molar-refractivity contribution is 5.98. The molecule has 2 aliphatic rings. The van der Waals surface area contributed by atoms with Crippen LogP contribution in [0.2, 0.25) is 0 Å². The molecule has 0 radical (unpaired) electrons. The van der Waals surface area contributed by atoms with Crippen LogP contribution in [0.5, 0.6) is 0 Å². The molecule has 1 aromatic carbocycles. The van der Waals surface area contributed by atoms with E-state index in [1.165, 1.54) is 6.07 Å². The van der Waals surface area contributed by atoms with E-state index in [2.05, 4.69) is 10.6 Å². The van der Waals surface area contributed by atoms with Gasteiger partial charge in [-0.3, -0.25) is 9.59 Å². The Bertz CT molecular complexity index is 642. The van der Waals surface area contributed by atoms with Gasteiger partial charge in [-0.15, -0.1) is 0 Å². The van der Waals surface area contributed by atoms with Crippen molar-refractivity contribution >= 4 is 23.2 Å². The van der Waals surface area contributed by atoms with Gasteiger partial charge < -0.3 is 15.7 Å². The Balaban J connectivity index is 1.76. The fourth-order valence-corrected chi connectivity index (χ4v) is 2.71. The zero-order valence-electron chi connectivity index (χ0n) is 11.8. The molecule has 0 saturated heterocycles. The van der Waals surface area contributed by atoms with Crippen molar-refractivity contribution in [2.45, 2.75) is 43.6 Å². The van der Waals surface area contributed by atoms with Gasteiger partial charge >= 0.3 is 5.92 Å². The molecule has 3 rings (SSSR count). The first kappa shape index (κ1) is 14.9. The largest absolute Gasteiger partial charge is 0.383 e. The summed E-state index contributed by atoms with van der Waals surface area (Å²) in [5.41, 5.74) is -0.608. The van der Waals surface area contributed by atoms with E-state index >= 15 is 0 Å². The normalized spacial score (nSPS) is 19.7. The third-order valence-electron chi connectivity index (χ3n) is 4.31. The quantitative estimate of drug-likeness (QED) is 0.799. The lowest BCUT2D eigenvalue weighted by atomic mass is 9.75. The lowest BCUT2D eigenvalue weighted by Crippen LogP contribution is -2.59. The van der Waals surface area contributed by atoms with Crippen molar-refractivity contribution in [2.24, 2.45) is 0 Å². The van der Waals surface area contributed by atoms with E-state index in [4.69, 9.17) is 0 Å². The molecule has 118 valence electrons. The lowest BCUT2D eigenvalue weighted by Gasteiger charge is -2.41. The van der Waals surface area contributed by atoms with E-state index in [0.717, 1.165) is 5.56 Å². The summed E-state index contributed by atoms with van der Waals surface area (Å²) < 4.78 is 28.0. The Morgan fingerprint density at radius 2 is 2.05 bits per heavy atom. The number of alkyl halides is 2. The number of carbonyl (C=O) groups is 2. The molecule has 22 heavy (non-hydrogen) atoms. The van der Waals surface area contributed by atoms with Gasteiger partial charge in [0.05, 0.1) is 0 Å². The van der Waals surface area contributed by atoms with Gasteiger partial charge in [0.1, 0.15) is 5.60 Å². The Morgan fingerprint density at radius 3 is 2.68 bits per heavy atom. The van der Waals surface area contributed by atoms with Crippen LogP contribution in [0.1, 0.15) is 31.2 Å². The van der Waals surface area contributed by atoms with Crippen LogP contribution in [0.25, 0.3) is 0 Å². The van der Waals surface area contributed by atoms with Gasteiger partial charge in [0.15, 0.2) is 0 Å². The lowest BCUT2D eigenvalue weighted by molar-refractivity contribution is -0.212. The van der Waals surface area contributed by atoms with Crippen molar-refractivity contribution in [3.63, 3.8) is 0 Å². The number of rotatable bonds is 3. The zero-order chi connectivity index (χ0) is 16.0. The summed E-state index contributed by atoms with van der Waals surface area (Å²) in [6.07, 6.45) is 1.14. The number of halogens is 2. The Hall–Kier alpha value is -2.02. The molecule has 1 fully saturated rings. The van der Waals surface area contributed by atoms with Crippen LogP contribution in [-0.4, -0.2) is 28.4 Å². The monoisotopic (exact) mass is 310 g/mol. The molecule has 1 aromatic rings. The molecule has 0 spiro atoms. The molecule has 3 N–H and O–H groups in total. The molecular formula is C15H16F2N2O3. The van der Waals surface area contributed by atoms with Gasteiger partial charge in [0.2, 0.25) is 5.91 Å². The van der Waals surface area contributed by atoms with Gasteiger partial charge in [-0.05, 0) is 49.4 Å². The van der Waals surface area contributed by atoms with E-state index in [0.29, 0.717) is 24.9 Å². The molecule has 7 heteroatoms. The summed E-state index contributed by atoms with van der Waals surface area (Å²) in [5, 5.41) is 14.6. The molecule has 1 saturated carbocycles. The number of nitrogens with one attached hydrogen (secondary N) is 2. The molecule has 1 aliphatic carbocycles. The first-order valence-corrected chi connectivity index (χ1v) is 7.16. The van der Waals surface area contributed by atoms with Crippen LogP contribution in [-0.2, 0) is 16.0 Å². The Morgan fingerprint density at radius 1 is 1.32 bits per heavy atom. The molecule has 1 aliphatic heterocycles. The molecule has 0 bridgehead atoms. The van der Waals surface area contributed by atoms with Gasteiger partial charge in [-0.1, -0.05) is 0 Å². The molecular weight excluding hydrogens is 294 g/mol. The number of amides is 2. The number of aliphatic hydroxyl groups is 1. The first-order chi connectivity index (χ1) is 10.3. The van der Waals surface area contributed by atoms with E-state index in [-0.39, 0.29) is 24.4 Å². The minimum Gasteiger partial charge on any atom is -0.383 e. The van der Waals surface area contributed by atoms with Gasteiger partial charge in [0, 0.05) is 17.8 Å². The summed E-state index contributed by atoms with van der Waals surface area (Å²) in [5.74, 6) is -5.42. The maximum absolute atomic E-state index is 14.0. The number of hydrogen-bond donors (Lipinski definition) is 3. The molecule has 2 amide bonds. The van der Waals surface area contributed by atoms with Crippen LogP contribution in [0, 0.1) is 0 Å². The standard InChI is InChI=1S/C15H16F2N2O3/c16-15(17,14(22)6-1-7-14)13(21)18-10-3-4-11-9(8-10)2-5-12(20)19-11/h3-4,8,22H,1-2,5-7H2,(H,18,21)(H,19,20). The summed E-state index contributed by atoms with van der Waals surface area (Å²) in [7, 11) is 0. The van der Waals surface area contributed by atoms with Crippen LogP contribution in [0.4, 0.5) is 20.2 Å². The maximum atomic E-state index is 14.0. The third kappa shape index (κ3) is 2.35. The minimum atomic E-state index is -3.82. The first-order valence-electron chi connectivity index (χ1n) is 7.16. The fourth-order valence-electron chi connectivity index (χ4n) is 2.71. The second-order valence-electron chi connectivity index (χ2n) is 5.83. The zero-order valence-corrected chi connectivity index (χ0v) is 11.8. The Kier molecular flexibility index (Phi) is 3.40. The highest BCUT2D eigenvalue weighted by atomic mass is 19.3. The molecule has 0 aromatic heterocycles. The van der Waals surface area contributed by atoms with Crippen LogP contribution >= 0.6 is 0 Å². The summed E-state index contributed by atoms with van der Waals surface area (Å²) in [6, 6.07) is 4.58. The van der Waals surface area contributed by atoms with E-state index in [1.54, 1.807) is 12.1 Å². The predicted molar refractivity (Wildman–Crippen MR) is 75.8 cm³/mol. The van der Waals surface area contributed by atoms with Crippen molar-refractivity contribution in [3.05, 3.63) is 23.8 Å². The SMILES string of the molecule is O=C1CCc2cc(NC(=O)C(F)(F)C3(O)CCC3)ccc2N1. The molecule has 0 atom stereocenters. The topological polar surface area (TPSA) is 78.4 Å². The van der Waals surface area contributed by atoms with E-state index in [1.807, 2.05) is 0 Å². The molecule has 0 unspecified atom stereocenters. The second-order valence-corrected chi connectivity index (χ2v) is 5.83. The van der Waals surface area contributed by atoms with Crippen LogP contribution < -0.4 is 10.6 Å². The maximum Gasteiger partial charge on any atom is 0.352 e. The summed E-state index contributed by atoms with van der Waals surface area (Å²) in [6.45, 7) is 0. The average Bonchev–Trinajstić information content (AvgIpc) is 2.44. The van der Waals surface area contributed by atoms with Crippen LogP contribution in [0.3, 0.4) is 0 Å². The highest BCUT2D eigenvalue weighted by Crippen LogP contribution is 2.44. The smallest absolute Gasteiger partial charge is 0.352 e. The number of fused-ring (bicyclic) bond motifs is 1. The summed E-state index contributed by atoms with van der Waals surface area (Å²) >= 11 is 0. The van der Waals surface area contributed by atoms with E-state index < -0.39 is 17.4 Å². The minimum absolute atomic E-state index is 0.0797. The summed E-state index contributed by atoms with van der Waals surface area (Å²) in [4.78, 5) is 23.1.